The molecule has 0 saturated carbocycles. The third-order valence-corrected chi connectivity index (χ3v) is 4.62. The van der Waals surface area contributed by atoms with E-state index < -0.39 is 0 Å². The van der Waals surface area contributed by atoms with Crippen LogP contribution < -0.4 is 5.43 Å². The maximum Gasteiger partial charge on any atom is 0.143 e. The number of aromatic nitrogens is 1. The molecule has 4 rings (SSSR count). The summed E-state index contributed by atoms with van der Waals surface area (Å²) in [5, 5.41) is 6.57. The van der Waals surface area contributed by atoms with Crippen molar-refractivity contribution >= 4 is 44.5 Å². The highest BCUT2D eigenvalue weighted by Gasteiger charge is 2.18. The lowest BCUT2D eigenvalue weighted by Crippen LogP contribution is -2.16. The number of hydrazone groups is 1. The van der Waals surface area contributed by atoms with Crippen LogP contribution in [0.25, 0.3) is 10.2 Å². The first-order valence-electron chi connectivity index (χ1n) is 6.32. The Morgan fingerprint density at radius 3 is 2.90 bits per heavy atom. The molecule has 0 spiro atoms. The van der Waals surface area contributed by atoms with Gasteiger partial charge in [-0.1, -0.05) is 42.5 Å². The van der Waals surface area contributed by atoms with E-state index in [1.165, 1.54) is 10.2 Å². The van der Waals surface area contributed by atoms with E-state index in [1.54, 1.807) is 11.3 Å². The minimum atomic E-state index is 0.680. The number of hydrogen-bond donors (Lipinski definition) is 1. The summed E-state index contributed by atoms with van der Waals surface area (Å²) in [6, 6.07) is 14.5. The van der Waals surface area contributed by atoms with Crippen molar-refractivity contribution in [2.75, 3.05) is 0 Å². The van der Waals surface area contributed by atoms with Gasteiger partial charge in [-0.25, -0.2) is 0 Å². The predicted molar refractivity (Wildman–Crippen MR) is 87.6 cm³/mol. The van der Waals surface area contributed by atoms with Gasteiger partial charge in [0.15, 0.2) is 0 Å². The second-order valence-electron chi connectivity index (χ2n) is 4.65. The van der Waals surface area contributed by atoms with E-state index in [0.29, 0.717) is 4.99 Å². The van der Waals surface area contributed by atoms with Gasteiger partial charge in [-0.05, 0) is 23.1 Å². The van der Waals surface area contributed by atoms with Gasteiger partial charge in [-0.2, -0.15) is 5.10 Å². The van der Waals surface area contributed by atoms with Crippen molar-refractivity contribution in [3.05, 3.63) is 59.1 Å². The van der Waals surface area contributed by atoms with Gasteiger partial charge in [0.1, 0.15) is 4.99 Å². The lowest BCUT2D eigenvalue weighted by Gasteiger charge is -2.07. The first-order chi connectivity index (χ1) is 9.83. The Morgan fingerprint density at radius 2 is 2.05 bits per heavy atom. The van der Waals surface area contributed by atoms with Crippen LogP contribution in [0, 0.1) is 0 Å². The minimum absolute atomic E-state index is 0.680. The van der Waals surface area contributed by atoms with Crippen LogP contribution in [0.4, 0.5) is 0 Å². The quantitative estimate of drug-likeness (QED) is 0.698. The van der Waals surface area contributed by atoms with Crippen LogP contribution in [-0.4, -0.2) is 15.3 Å². The molecule has 0 atom stereocenters. The maximum atomic E-state index is 5.42. The number of benzene rings is 1. The summed E-state index contributed by atoms with van der Waals surface area (Å²) in [7, 11) is 0. The molecule has 0 aliphatic carbocycles. The predicted octanol–water partition coefficient (Wildman–Crippen LogP) is 3.39. The molecule has 0 saturated heterocycles. The summed E-state index contributed by atoms with van der Waals surface area (Å²) < 4.78 is 3.50. The average molecular weight is 297 g/mol. The Balaban J connectivity index is 1.87. The van der Waals surface area contributed by atoms with E-state index in [-0.39, 0.29) is 0 Å². The topological polar surface area (TPSA) is 29.3 Å². The summed E-state index contributed by atoms with van der Waals surface area (Å²) in [6.07, 6.45) is 0. The summed E-state index contributed by atoms with van der Waals surface area (Å²) in [5.74, 6) is 0. The lowest BCUT2D eigenvalue weighted by molar-refractivity contribution is 0.894. The first-order valence-corrected chi connectivity index (χ1v) is 7.61. The summed E-state index contributed by atoms with van der Waals surface area (Å²) >= 11 is 7.16. The fourth-order valence-corrected chi connectivity index (χ4v) is 3.52. The van der Waals surface area contributed by atoms with Gasteiger partial charge in [0.2, 0.25) is 0 Å². The summed E-state index contributed by atoms with van der Waals surface area (Å²) in [6.45, 7) is 0.729. The van der Waals surface area contributed by atoms with E-state index in [0.717, 1.165) is 23.5 Å². The molecule has 1 N–H and O–H groups in total. The van der Waals surface area contributed by atoms with Crippen molar-refractivity contribution < 1.29 is 0 Å². The lowest BCUT2D eigenvalue weighted by atomic mass is 10.1. The van der Waals surface area contributed by atoms with Crippen LogP contribution in [0.1, 0.15) is 11.3 Å². The molecule has 1 aliphatic heterocycles. The van der Waals surface area contributed by atoms with Crippen LogP contribution in [0.5, 0.6) is 0 Å². The van der Waals surface area contributed by atoms with Crippen molar-refractivity contribution in [2.45, 2.75) is 6.54 Å². The molecule has 3 aromatic rings. The molecule has 20 heavy (non-hydrogen) atoms. The molecule has 0 radical (unpaired) electrons. The Morgan fingerprint density at radius 1 is 1.20 bits per heavy atom. The van der Waals surface area contributed by atoms with E-state index in [4.69, 9.17) is 12.2 Å². The zero-order chi connectivity index (χ0) is 13.5. The van der Waals surface area contributed by atoms with Crippen molar-refractivity contribution in [1.82, 2.24) is 9.99 Å². The van der Waals surface area contributed by atoms with Crippen molar-refractivity contribution in [1.29, 1.82) is 0 Å². The highest BCUT2D eigenvalue weighted by molar-refractivity contribution is 7.80. The van der Waals surface area contributed by atoms with Gasteiger partial charge < -0.3 is 4.57 Å². The molecule has 3 heterocycles. The maximum absolute atomic E-state index is 5.42. The largest absolute Gasteiger partial charge is 0.332 e. The summed E-state index contributed by atoms with van der Waals surface area (Å²) in [4.78, 5) is 0.680. The van der Waals surface area contributed by atoms with Crippen LogP contribution in [0.15, 0.2) is 52.9 Å². The highest BCUT2D eigenvalue weighted by Crippen LogP contribution is 2.26. The first kappa shape index (κ1) is 11.8. The van der Waals surface area contributed by atoms with E-state index in [9.17, 15) is 0 Å². The number of thiophene rings is 1. The van der Waals surface area contributed by atoms with Crippen LogP contribution in [0.3, 0.4) is 0 Å². The van der Waals surface area contributed by atoms with Gasteiger partial charge in [-0.3, -0.25) is 5.43 Å². The zero-order valence-electron chi connectivity index (χ0n) is 10.5. The van der Waals surface area contributed by atoms with E-state index >= 15 is 0 Å². The van der Waals surface area contributed by atoms with E-state index in [1.807, 2.05) is 18.2 Å². The molecule has 1 aliphatic rings. The van der Waals surface area contributed by atoms with Gasteiger partial charge in [0, 0.05) is 0 Å². The molecule has 1 aromatic carbocycles. The van der Waals surface area contributed by atoms with Gasteiger partial charge in [0.05, 0.1) is 28.2 Å². The smallest absolute Gasteiger partial charge is 0.143 e. The molecule has 2 aromatic heterocycles. The molecule has 98 valence electrons. The number of nitrogens with one attached hydrogen (secondary N) is 1. The third-order valence-electron chi connectivity index (χ3n) is 3.46. The Kier molecular flexibility index (Phi) is 2.68. The van der Waals surface area contributed by atoms with Gasteiger partial charge in [-0.15, -0.1) is 11.3 Å². The molecule has 0 bridgehead atoms. The monoisotopic (exact) mass is 297 g/mol. The molecule has 0 amide bonds. The highest BCUT2D eigenvalue weighted by atomic mass is 32.1. The number of nitrogens with zero attached hydrogens (tertiary/aromatic N) is 2. The molecule has 0 fully saturated rings. The minimum Gasteiger partial charge on any atom is -0.332 e. The fraction of sp³-hybridized carbons (Fsp3) is 0.0667. The number of rotatable bonds is 1. The zero-order valence-corrected chi connectivity index (χ0v) is 12.2. The Labute approximate surface area is 125 Å². The molecule has 3 nitrogen and oxygen atoms in total. The van der Waals surface area contributed by atoms with Crippen LogP contribution >= 0.6 is 23.6 Å². The van der Waals surface area contributed by atoms with Crippen molar-refractivity contribution in [2.24, 2.45) is 5.10 Å². The third kappa shape index (κ3) is 1.78. The van der Waals surface area contributed by atoms with Gasteiger partial charge >= 0.3 is 0 Å². The molecule has 5 heteroatoms. The molecule has 0 unspecified atom stereocenters. The molecular weight excluding hydrogens is 286 g/mol. The van der Waals surface area contributed by atoms with Gasteiger partial charge in [0.25, 0.3) is 0 Å². The molecular formula is C15H11N3S2. The van der Waals surface area contributed by atoms with Crippen molar-refractivity contribution in [3.63, 3.8) is 0 Å². The normalized spacial score (nSPS) is 14.6. The second-order valence-corrected chi connectivity index (χ2v) is 6.01. The average Bonchev–Trinajstić information content (AvgIpc) is 3.02. The number of hydrogen-bond acceptors (Lipinski definition) is 3. The van der Waals surface area contributed by atoms with E-state index in [2.05, 4.69) is 44.7 Å². The number of thiocarbonyl (C=S) groups is 1. The number of fused-ring (bicyclic) bond motifs is 3. The van der Waals surface area contributed by atoms with Crippen molar-refractivity contribution in [3.8, 4) is 0 Å². The SMILES string of the molecule is S=C1NN=C(c2ccccc2)Cn2c1cc1sccc12. The Hall–Kier alpha value is -1.98. The standard InChI is InChI=1S/C15H11N3S2/c19-15-13-8-14-12(6-7-20-14)18(13)9-11(16-17-15)10-4-2-1-3-5-10/h1-8H,9H2,(H,17,19). The second kappa shape index (κ2) is 4.54. The van der Waals surface area contributed by atoms with Crippen LogP contribution in [0.2, 0.25) is 0 Å². The summed E-state index contributed by atoms with van der Waals surface area (Å²) in [5.41, 5.74) is 7.38. The fourth-order valence-electron chi connectivity index (χ4n) is 2.48. The van der Waals surface area contributed by atoms with Crippen LogP contribution in [-0.2, 0) is 6.54 Å². The Bertz CT molecular complexity index is 827.